The molecule has 0 saturated carbocycles. The Kier molecular flexibility index (Phi) is 6.25. The van der Waals surface area contributed by atoms with Crippen LogP contribution < -0.4 is 15.0 Å². The summed E-state index contributed by atoms with van der Waals surface area (Å²) in [5.41, 5.74) is 3.25. The molecule has 1 aliphatic heterocycles. The lowest BCUT2D eigenvalue weighted by molar-refractivity contribution is 0.177. The van der Waals surface area contributed by atoms with E-state index in [0.717, 1.165) is 22.4 Å². The fraction of sp³-hybridized carbons (Fsp3) is 0.320. The smallest absolute Gasteiger partial charge is 0.415 e. The van der Waals surface area contributed by atoms with Gasteiger partial charge in [-0.1, -0.05) is 56.3 Å². The number of carbonyl (C=O) groups is 1. The van der Waals surface area contributed by atoms with Gasteiger partial charge in [0.05, 0.1) is 25.5 Å². The van der Waals surface area contributed by atoms with Crippen molar-refractivity contribution in [3.05, 3.63) is 66.5 Å². The molecule has 2 atom stereocenters. The van der Waals surface area contributed by atoms with E-state index in [9.17, 15) is 4.79 Å². The molecule has 3 aromatic rings. The number of hydrogen-bond acceptors (Lipinski definition) is 6. The first-order valence-corrected chi connectivity index (χ1v) is 10.8. The maximum absolute atomic E-state index is 12.2. The Morgan fingerprint density at radius 1 is 1.09 bits per heavy atom. The largest absolute Gasteiger partial charge is 0.496 e. The Morgan fingerprint density at radius 2 is 1.84 bits per heavy atom. The van der Waals surface area contributed by atoms with E-state index in [1.165, 1.54) is 0 Å². The molecule has 2 aromatic carbocycles. The van der Waals surface area contributed by atoms with E-state index in [1.807, 2.05) is 24.3 Å². The van der Waals surface area contributed by atoms with Gasteiger partial charge >= 0.3 is 6.09 Å². The fourth-order valence-electron chi connectivity index (χ4n) is 3.87. The summed E-state index contributed by atoms with van der Waals surface area (Å²) in [6, 6.07) is 16.3. The van der Waals surface area contributed by atoms with Gasteiger partial charge in [-0.3, -0.25) is 9.88 Å². The molecule has 4 rings (SSSR count). The summed E-state index contributed by atoms with van der Waals surface area (Å²) in [7, 11) is 1.68. The van der Waals surface area contributed by atoms with Crippen LogP contribution in [0.2, 0.25) is 0 Å². The number of methoxy groups -OCH3 is 1. The summed E-state index contributed by atoms with van der Waals surface area (Å²) in [5, 5.41) is 3.39. The van der Waals surface area contributed by atoms with E-state index in [-0.39, 0.29) is 24.1 Å². The summed E-state index contributed by atoms with van der Waals surface area (Å²) in [5.74, 6) is 2.19. The molecule has 2 heterocycles. The Morgan fingerprint density at radius 3 is 2.56 bits per heavy atom. The fourth-order valence-corrected chi connectivity index (χ4v) is 3.87. The summed E-state index contributed by atoms with van der Waals surface area (Å²) in [4.78, 5) is 22.8. The monoisotopic (exact) mass is 432 g/mol. The van der Waals surface area contributed by atoms with Gasteiger partial charge < -0.3 is 14.8 Å². The van der Waals surface area contributed by atoms with Crippen LogP contribution in [0.25, 0.3) is 11.1 Å². The summed E-state index contributed by atoms with van der Waals surface area (Å²) in [6.07, 6.45) is 2.88. The number of amides is 1. The Balaban J connectivity index is 1.50. The molecule has 7 heteroatoms. The van der Waals surface area contributed by atoms with E-state index in [0.29, 0.717) is 18.2 Å². The quantitative estimate of drug-likeness (QED) is 0.545. The molecule has 0 radical (unpaired) electrons. The van der Waals surface area contributed by atoms with Crippen molar-refractivity contribution in [1.29, 1.82) is 0 Å². The first kappa shape index (κ1) is 21.6. The van der Waals surface area contributed by atoms with Crippen LogP contribution in [0.1, 0.15) is 32.4 Å². The maximum atomic E-state index is 12.2. The third kappa shape index (κ3) is 4.37. The number of carbonyl (C=O) groups excluding carboxylic acids is 1. The summed E-state index contributed by atoms with van der Waals surface area (Å²) in [6.45, 7) is 6.55. The third-order valence-electron chi connectivity index (χ3n) is 5.74. The van der Waals surface area contributed by atoms with Gasteiger partial charge in [-0.15, -0.1) is 0 Å². The van der Waals surface area contributed by atoms with Crippen LogP contribution in [0, 0.1) is 5.92 Å². The zero-order valence-electron chi connectivity index (χ0n) is 18.8. The number of nitrogens with one attached hydrogen (secondary N) is 1. The first-order chi connectivity index (χ1) is 15.5. The second kappa shape index (κ2) is 9.26. The number of benzene rings is 2. The molecule has 0 unspecified atom stereocenters. The lowest BCUT2D eigenvalue weighted by atomic mass is 10.0. The minimum absolute atomic E-state index is 0.00214. The van der Waals surface area contributed by atoms with Crippen LogP contribution >= 0.6 is 0 Å². The van der Waals surface area contributed by atoms with Crippen LogP contribution in [-0.2, 0) is 4.74 Å². The first-order valence-electron chi connectivity index (χ1n) is 10.8. The van der Waals surface area contributed by atoms with Gasteiger partial charge in [-0.25, -0.2) is 9.78 Å². The van der Waals surface area contributed by atoms with Gasteiger partial charge in [0.1, 0.15) is 18.2 Å². The molecule has 1 aromatic heterocycles. The number of hydrogen-bond donors (Lipinski definition) is 1. The van der Waals surface area contributed by atoms with Crippen molar-refractivity contribution >= 4 is 17.7 Å². The summed E-state index contributed by atoms with van der Waals surface area (Å²) >= 11 is 0. The van der Waals surface area contributed by atoms with Crippen molar-refractivity contribution in [3.8, 4) is 16.9 Å². The van der Waals surface area contributed by atoms with Gasteiger partial charge in [0.15, 0.2) is 5.82 Å². The number of anilines is 2. The van der Waals surface area contributed by atoms with Crippen molar-refractivity contribution in [2.75, 3.05) is 23.9 Å². The van der Waals surface area contributed by atoms with Gasteiger partial charge in [-0.2, -0.15) is 0 Å². The van der Waals surface area contributed by atoms with Gasteiger partial charge in [0.25, 0.3) is 0 Å². The van der Waals surface area contributed by atoms with E-state index < -0.39 is 0 Å². The molecule has 1 amide bonds. The van der Waals surface area contributed by atoms with Crippen LogP contribution in [-0.4, -0.2) is 35.8 Å². The normalized spacial score (nSPS) is 16.7. The number of cyclic esters (lactones) is 1. The maximum Gasteiger partial charge on any atom is 0.415 e. The van der Waals surface area contributed by atoms with E-state index >= 15 is 0 Å². The van der Waals surface area contributed by atoms with E-state index in [1.54, 1.807) is 24.4 Å². The summed E-state index contributed by atoms with van der Waals surface area (Å²) < 4.78 is 10.7. The van der Waals surface area contributed by atoms with Crippen molar-refractivity contribution < 1.29 is 14.3 Å². The highest BCUT2D eigenvalue weighted by Crippen LogP contribution is 2.31. The van der Waals surface area contributed by atoms with E-state index in [2.05, 4.69) is 60.3 Å². The van der Waals surface area contributed by atoms with Gasteiger partial charge in [0, 0.05) is 11.6 Å². The molecule has 0 aliphatic carbocycles. The van der Waals surface area contributed by atoms with Crippen LogP contribution in [0.15, 0.2) is 60.9 Å². The lowest BCUT2D eigenvalue weighted by Crippen LogP contribution is -2.37. The van der Waals surface area contributed by atoms with Crippen molar-refractivity contribution in [1.82, 2.24) is 9.97 Å². The predicted octanol–water partition coefficient (Wildman–Crippen LogP) is 5.31. The predicted molar refractivity (Wildman–Crippen MR) is 125 cm³/mol. The standard InChI is InChI=1S/C25H28N4O3/c1-16(2)21-15-32-25(30)29(21)24-14-26-13-23(28-24)27-17(3)18-9-11-19(12-10-18)20-7-5-6-8-22(20)31-4/h5-14,16-17,21H,15H2,1-4H3,(H,27,28)/t17-,21+/m0/s1. The second-order valence-corrected chi connectivity index (χ2v) is 8.21. The molecular formula is C25H28N4O3. The number of nitrogens with zero attached hydrogens (tertiary/aromatic N) is 3. The van der Waals surface area contributed by atoms with Gasteiger partial charge in [0.2, 0.25) is 0 Å². The van der Waals surface area contributed by atoms with Crippen LogP contribution in [0.4, 0.5) is 16.4 Å². The van der Waals surface area contributed by atoms with Gasteiger partial charge in [-0.05, 0) is 30.0 Å². The lowest BCUT2D eigenvalue weighted by Gasteiger charge is -2.23. The van der Waals surface area contributed by atoms with Crippen LogP contribution in [0.3, 0.4) is 0 Å². The molecule has 32 heavy (non-hydrogen) atoms. The van der Waals surface area contributed by atoms with Crippen molar-refractivity contribution in [3.63, 3.8) is 0 Å². The molecule has 7 nitrogen and oxygen atoms in total. The highest BCUT2D eigenvalue weighted by atomic mass is 16.6. The average Bonchev–Trinajstić information content (AvgIpc) is 3.21. The molecule has 0 spiro atoms. The second-order valence-electron chi connectivity index (χ2n) is 8.21. The molecule has 1 fully saturated rings. The topological polar surface area (TPSA) is 76.6 Å². The minimum Gasteiger partial charge on any atom is -0.496 e. The molecule has 0 bridgehead atoms. The zero-order valence-corrected chi connectivity index (χ0v) is 18.8. The SMILES string of the molecule is COc1ccccc1-c1ccc([C@H](C)Nc2cncc(N3C(=O)OC[C@@H]3C(C)C)n2)cc1. The zero-order chi connectivity index (χ0) is 22.7. The van der Waals surface area contributed by atoms with Crippen LogP contribution in [0.5, 0.6) is 5.75 Å². The average molecular weight is 433 g/mol. The molecule has 1 aliphatic rings. The Labute approximate surface area is 188 Å². The molecule has 1 N–H and O–H groups in total. The van der Waals surface area contributed by atoms with Crippen molar-refractivity contribution in [2.45, 2.75) is 32.9 Å². The highest BCUT2D eigenvalue weighted by Gasteiger charge is 2.37. The minimum atomic E-state index is -0.380. The molecule has 1 saturated heterocycles. The number of aromatic nitrogens is 2. The Hall–Kier alpha value is -3.61. The highest BCUT2D eigenvalue weighted by molar-refractivity contribution is 5.89. The van der Waals surface area contributed by atoms with E-state index in [4.69, 9.17) is 9.47 Å². The number of rotatable bonds is 7. The molecular weight excluding hydrogens is 404 g/mol. The Bertz CT molecular complexity index is 1080. The molecule has 166 valence electrons. The number of ether oxygens (including phenoxy) is 2. The third-order valence-corrected chi connectivity index (χ3v) is 5.74. The number of para-hydroxylation sites is 1. The van der Waals surface area contributed by atoms with Crippen molar-refractivity contribution in [2.24, 2.45) is 5.92 Å².